The predicted molar refractivity (Wildman–Crippen MR) is 103 cm³/mol. The maximum Gasteiger partial charge on any atom is 0.338 e. The number of rotatable bonds is 7. The largest absolute Gasteiger partial charge is 0.462 e. The van der Waals surface area contributed by atoms with Gasteiger partial charge < -0.3 is 4.74 Å². The first-order valence-electron chi connectivity index (χ1n) is 8.70. The van der Waals surface area contributed by atoms with E-state index in [0.29, 0.717) is 11.3 Å². The second-order valence-electron chi connectivity index (χ2n) is 6.04. The van der Waals surface area contributed by atoms with E-state index in [1.54, 1.807) is 6.92 Å². The van der Waals surface area contributed by atoms with E-state index in [1.807, 2.05) is 17.5 Å². The molecule has 146 valence electrons. The minimum atomic E-state index is -0.843. The van der Waals surface area contributed by atoms with Gasteiger partial charge in [0.25, 0.3) is 5.91 Å². The highest BCUT2D eigenvalue weighted by molar-refractivity contribution is 7.10. The zero-order chi connectivity index (χ0) is 20.1. The molecular weight excluding hydrogens is 382 g/mol. The van der Waals surface area contributed by atoms with Gasteiger partial charge in [0.05, 0.1) is 30.7 Å². The number of carbonyl (C=O) groups excluding carboxylic acids is 4. The van der Waals surface area contributed by atoms with Crippen LogP contribution in [0, 0.1) is 0 Å². The number of hydrogen-bond acceptors (Lipinski definition) is 7. The van der Waals surface area contributed by atoms with Crippen molar-refractivity contribution in [1.82, 2.24) is 10.9 Å². The first-order chi connectivity index (χ1) is 13.5. The van der Waals surface area contributed by atoms with Crippen molar-refractivity contribution >= 4 is 40.7 Å². The summed E-state index contributed by atoms with van der Waals surface area (Å²) in [5.41, 5.74) is 5.81. The molecule has 0 saturated carbocycles. The van der Waals surface area contributed by atoms with E-state index in [1.165, 1.54) is 35.6 Å². The van der Waals surface area contributed by atoms with Crippen LogP contribution in [0.15, 0.2) is 41.8 Å². The fourth-order valence-corrected chi connectivity index (χ4v) is 3.46. The summed E-state index contributed by atoms with van der Waals surface area (Å²) in [4.78, 5) is 50.4. The quantitative estimate of drug-likeness (QED) is 0.413. The summed E-state index contributed by atoms with van der Waals surface area (Å²) in [5, 5.41) is 1.88. The normalized spacial score (nSPS) is 16.3. The summed E-state index contributed by atoms with van der Waals surface area (Å²) < 4.78 is 4.91. The van der Waals surface area contributed by atoms with Crippen molar-refractivity contribution < 1.29 is 23.9 Å². The molecule has 1 aromatic carbocycles. The highest BCUT2D eigenvalue weighted by Crippen LogP contribution is 2.23. The highest BCUT2D eigenvalue weighted by Gasteiger charge is 2.39. The van der Waals surface area contributed by atoms with Crippen LogP contribution in [0.25, 0.3) is 0 Å². The highest BCUT2D eigenvalue weighted by atomic mass is 32.1. The molecule has 1 aromatic heterocycles. The van der Waals surface area contributed by atoms with Gasteiger partial charge in [-0.25, -0.2) is 15.1 Å². The molecular formula is C19H19N3O5S. The third-order valence-electron chi connectivity index (χ3n) is 4.08. The lowest BCUT2D eigenvalue weighted by Crippen LogP contribution is -2.48. The number of hydrogen-bond donors (Lipinski definition) is 2. The van der Waals surface area contributed by atoms with Crippen LogP contribution in [0.3, 0.4) is 0 Å². The number of nitrogens with one attached hydrogen (secondary N) is 2. The van der Waals surface area contributed by atoms with Crippen LogP contribution >= 0.6 is 11.3 Å². The molecule has 8 nitrogen and oxygen atoms in total. The SMILES string of the molecule is CCOC(=O)c1ccc(N2C(=O)CC(NNC(=O)Cc3cccs3)C2=O)cc1. The summed E-state index contributed by atoms with van der Waals surface area (Å²) in [6, 6.07) is 8.87. The summed E-state index contributed by atoms with van der Waals surface area (Å²) in [7, 11) is 0. The van der Waals surface area contributed by atoms with Crippen molar-refractivity contribution in [3.8, 4) is 0 Å². The van der Waals surface area contributed by atoms with Crippen molar-refractivity contribution in [3.63, 3.8) is 0 Å². The molecule has 0 radical (unpaired) electrons. The summed E-state index contributed by atoms with van der Waals surface area (Å²) in [5.74, 6) is -1.62. The number of hydrazine groups is 1. The number of nitrogens with zero attached hydrogens (tertiary/aromatic N) is 1. The second-order valence-corrected chi connectivity index (χ2v) is 7.07. The van der Waals surface area contributed by atoms with E-state index in [2.05, 4.69) is 10.9 Å². The third kappa shape index (κ3) is 4.44. The lowest BCUT2D eigenvalue weighted by Gasteiger charge is -2.16. The Morgan fingerprint density at radius 3 is 2.61 bits per heavy atom. The van der Waals surface area contributed by atoms with Crippen LogP contribution in [0.5, 0.6) is 0 Å². The lowest BCUT2D eigenvalue weighted by atomic mass is 10.2. The van der Waals surface area contributed by atoms with Crippen LogP contribution in [-0.2, 0) is 25.5 Å². The van der Waals surface area contributed by atoms with E-state index in [-0.39, 0.29) is 31.3 Å². The Bertz CT molecular complexity index is 879. The number of amides is 3. The van der Waals surface area contributed by atoms with Crippen molar-refractivity contribution in [2.24, 2.45) is 0 Å². The number of imide groups is 1. The van der Waals surface area contributed by atoms with Gasteiger partial charge in [0.1, 0.15) is 6.04 Å². The van der Waals surface area contributed by atoms with Gasteiger partial charge in [0, 0.05) is 4.88 Å². The molecule has 1 fully saturated rings. The molecule has 28 heavy (non-hydrogen) atoms. The van der Waals surface area contributed by atoms with Gasteiger partial charge in [-0.1, -0.05) is 6.07 Å². The van der Waals surface area contributed by atoms with Crippen molar-refractivity contribution in [3.05, 3.63) is 52.2 Å². The van der Waals surface area contributed by atoms with E-state index in [4.69, 9.17) is 4.74 Å². The molecule has 3 rings (SSSR count). The number of esters is 1. The fourth-order valence-electron chi connectivity index (χ4n) is 2.76. The Morgan fingerprint density at radius 2 is 1.96 bits per heavy atom. The van der Waals surface area contributed by atoms with Crippen LogP contribution in [-0.4, -0.2) is 36.3 Å². The monoisotopic (exact) mass is 401 g/mol. The Balaban J connectivity index is 1.60. The summed E-state index contributed by atoms with van der Waals surface area (Å²) in [6.45, 7) is 1.97. The lowest BCUT2D eigenvalue weighted by molar-refractivity contribution is -0.122. The Hall–Kier alpha value is -3.04. The molecule has 3 amide bonds. The number of benzene rings is 1. The molecule has 0 aliphatic carbocycles. The standard InChI is InChI=1S/C19H19N3O5S/c1-2-27-19(26)12-5-7-13(8-6-12)22-17(24)11-15(18(22)25)20-21-16(23)10-14-4-3-9-28-14/h3-9,15,20H,2,10-11H2,1H3,(H,21,23). The zero-order valence-corrected chi connectivity index (χ0v) is 16.0. The number of ether oxygens (including phenoxy) is 1. The third-order valence-corrected chi connectivity index (χ3v) is 4.96. The molecule has 1 unspecified atom stereocenters. The van der Waals surface area contributed by atoms with Crippen LogP contribution in [0.4, 0.5) is 5.69 Å². The molecule has 2 heterocycles. The number of carbonyl (C=O) groups is 4. The average Bonchev–Trinajstić information content (AvgIpc) is 3.28. The molecule has 1 atom stereocenters. The second kappa shape index (κ2) is 8.77. The van der Waals surface area contributed by atoms with E-state index in [9.17, 15) is 19.2 Å². The maximum absolute atomic E-state index is 12.6. The van der Waals surface area contributed by atoms with E-state index >= 15 is 0 Å². The summed E-state index contributed by atoms with van der Waals surface area (Å²) >= 11 is 1.46. The Labute approximate surface area is 165 Å². The number of anilines is 1. The van der Waals surface area contributed by atoms with Gasteiger partial charge in [-0.3, -0.25) is 19.8 Å². The van der Waals surface area contributed by atoms with Crippen molar-refractivity contribution in [2.75, 3.05) is 11.5 Å². The first kappa shape index (κ1) is 19.7. The van der Waals surface area contributed by atoms with Gasteiger partial charge in [-0.2, -0.15) is 0 Å². The first-order valence-corrected chi connectivity index (χ1v) is 9.58. The molecule has 0 bridgehead atoms. The van der Waals surface area contributed by atoms with Crippen LogP contribution < -0.4 is 15.8 Å². The van der Waals surface area contributed by atoms with Gasteiger partial charge in [-0.15, -0.1) is 11.3 Å². The van der Waals surface area contributed by atoms with E-state index in [0.717, 1.165) is 9.78 Å². The molecule has 1 saturated heterocycles. The zero-order valence-electron chi connectivity index (χ0n) is 15.1. The van der Waals surface area contributed by atoms with Crippen LogP contribution in [0.2, 0.25) is 0 Å². The minimum Gasteiger partial charge on any atom is -0.462 e. The van der Waals surface area contributed by atoms with Crippen molar-refractivity contribution in [2.45, 2.75) is 25.8 Å². The van der Waals surface area contributed by atoms with Gasteiger partial charge in [-0.05, 0) is 42.6 Å². The predicted octanol–water partition coefficient (Wildman–Crippen LogP) is 1.42. The molecule has 2 aromatic rings. The van der Waals surface area contributed by atoms with Gasteiger partial charge in [0.2, 0.25) is 11.8 Å². The average molecular weight is 401 g/mol. The van der Waals surface area contributed by atoms with Gasteiger partial charge >= 0.3 is 5.97 Å². The van der Waals surface area contributed by atoms with E-state index < -0.39 is 17.9 Å². The van der Waals surface area contributed by atoms with Crippen molar-refractivity contribution in [1.29, 1.82) is 0 Å². The Morgan fingerprint density at radius 1 is 1.21 bits per heavy atom. The summed E-state index contributed by atoms with van der Waals surface area (Å²) in [6.07, 6.45) is 0.121. The topological polar surface area (TPSA) is 105 Å². The molecule has 0 spiro atoms. The molecule has 1 aliphatic rings. The van der Waals surface area contributed by atoms with Crippen LogP contribution in [0.1, 0.15) is 28.6 Å². The Kier molecular flexibility index (Phi) is 6.17. The van der Waals surface area contributed by atoms with Gasteiger partial charge in [0.15, 0.2) is 0 Å². The number of thiophene rings is 1. The smallest absolute Gasteiger partial charge is 0.338 e. The molecule has 2 N–H and O–H groups in total. The minimum absolute atomic E-state index is 0.0717. The maximum atomic E-state index is 12.6. The fraction of sp³-hybridized carbons (Fsp3) is 0.263. The molecule has 9 heteroatoms. The molecule has 1 aliphatic heterocycles.